The Morgan fingerprint density at radius 1 is 1.09 bits per heavy atom. The summed E-state index contributed by atoms with van der Waals surface area (Å²) in [5, 5.41) is 14.5. The van der Waals surface area contributed by atoms with Gasteiger partial charge >= 0.3 is 11.8 Å². The number of carbonyl (C=O) groups excluding carboxylic acids is 2. The van der Waals surface area contributed by atoms with Gasteiger partial charge in [-0.25, -0.2) is 0 Å². The van der Waals surface area contributed by atoms with Gasteiger partial charge in [-0.2, -0.15) is 0 Å². The maximum absolute atomic E-state index is 11.9. The van der Waals surface area contributed by atoms with Crippen molar-refractivity contribution >= 4 is 40.5 Å². The molecule has 7 heteroatoms. The molecule has 6 nitrogen and oxygen atoms in total. The third kappa shape index (κ3) is 3.67. The van der Waals surface area contributed by atoms with E-state index in [1.807, 2.05) is 0 Å². The van der Waals surface area contributed by atoms with Crippen molar-refractivity contribution in [1.29, 1.82) is 0 Å². The van der Waals surface area contributed by atoms with E-state index in [1.165, 1.54) is 36.4 Å². The highest BCUT2D eigenvalue weighted by Crippen LogP contribution is 2.23. The van der Waals surface area contributed by atoms with Crippen LogP contribution in [0.3, 0.4) is 0 Å². The van der Waals surface area contributed by atoms with Crippen LogP contribution in [-0.4, -0.2) is 16.9 Å². The highest BCUT2D eigenvalue weighted by Gasteiger charge is 2.15. The monoisotopic (exact) mass is 319 g/mol. The first-order valence-electron chi connectivity index (χ1n) is 6.34. The minimum atomic E-state index is -0.840. The van der Waals surface area contributed by atoms with E-state index in [2.05, 4.69) is 10.6 Å². The number of phenols is 1. The second-order valence-corrected chi connectivity index (χ2v) is 5.05. The van der Waals surface area contributed by atoms with E-state index in [0.29, 0.717) is 22.6 Å². The van der Waals surface area contributed by atoms with E-state index in [-0.39, 0.29) is 10.8 Å². The van der Waals surface area contributed by atoms with Gasteiger partial charge in [-0.1, -0.05) is 11.6 Å². The molecular weight excluding hydrogens is 306 g/mol. The SMILES string of the molecule is Cc1cc(O)ccc1NC(=O)C(=O)Nc1ccc(N)c(Cl)c1. The second kappa shape index (κ2) is 6.36. The van der Waals surface area contributed by atoms with Crippen molar-refractivity contribution in [2.24, 2.45) is 0 Å². The van der Waals surface area contributed by atoms with Gasteiger partial charge in [0.25, 0.3) is 0 Å². The molecule has 5 N–H and O–H groups in total. The van der Waals surface area contributed by atoms with E-state index in [1.54, 1.807) is 6.92 Å². The van der Waals surface area contributed by atoms with E-state index < -0.39 is 11.8 Å². The second-order valence-electron chi connectivity index (χ2n) is 4.64. The summed E-state index contributed by atoms with van der Waals surface area (Å²) in [4.78, 5) is 23.7. The van der Waals surface area contributed by atoms with Crippen LogP contribution in [0.25, 0.3) is 0 Å². The molecule has 0 aliphatic heterocycles. The van der Waals surface area contributed by atoms with Gasteiger partial charge in [-0.15, -0.1) is 0 Å². The molecule has 2 aromatic carbocycles. The van der Waals surface area contributed by atoms with Gasteiger partial charge in [-0.3, -0.25) is 9.59 Å². The van der Waals surface area contributed by atoms with E-state index >= 15 is 0 Å². The van der Waals surface area contributed by atoms with Crippen LogP contribution in [0.15, 0.2) is 36.4 Å². The summed E-state index contributed by atoms with van der Waals surface area (Å²) in [5.74, 6) is -1.59. The molecule has 0 spiro atoms. The van der Waals surface area contributed by atoms with E-state index in [0.717, 1.165) is 0 Å². The Hall–Kier alpha value is -2.73. The summed E-state index contributed by atoms with van der Waals surface area (Å²) in [5.41, 5.74) is 7.38. The number of phenolic OH excluding ortho intramolecular Hbond substituents is 1. The van der Waals surface area contributed by atoms with Gasteiger partial charge < -0.3 is 21.5 Å². The molecule has 0 bridgehead atoms. The molecule has 2 aromatic rings. The fourth-order valence-corrected chi connectivity index (χ4v) is 1.94. The summed E-state index contributed by atoms with van der Waals surface area (Å²) in [6, 6.07) is 8.93. The highest BCUT2D eigenvalue weighted by atomic mass is 35.5. The Morgan fingerprint density at radius 2 is 1.77 bits per heavy atom. The van der Waals surface area contributed by atoms with Crippen molar-refractivity contribution in [2.45, 2.75) is 6.92 Å². The van der Waals surface area contributed by atoms with Crippen LogP contribution in [0.4, 0.5) is 17.1 Å². The van der Waals surface area contributed by atoms with Crippen molar-refractivity contribution in [3.05, 3.63) is 47.0 Å². The van der Waals surface area contributed by atoms with Crippen molar-refractivity contribution in [2.75, 3.05) is 16.4 Å². The third-order valence-electron chi connectivity index (χ3n) is 2.92. The van der Waals surface area contributed by atoms with Gasteiger partial charge in [0, 0.05) is 11.4 Å². The van der Waals surface area contributed by atoms with Crippen LogP contribution in [0.2, 0.25) is 5.02 Å². The molecular formula is C15H14ClN3O3. The smallest absolute Gasteiger partial charge is 0.314 e. The number of nitrogens with one attached hydrogen (secondary N) is 2. The number of nitrogens with two attached hydrogens (primary N) is 1. The van der Waals surface area contributed by atoms with E-state index in [4.69, 9.17) is 17.3 Å². The lowest BCUT2D eigenvalue weighted by Gasteiger charge is -2.09. The molecule has 114 valence electrons. The number of hydrogen-bond acceptors (Lipinski definition) is 4. The van der Waals surface area contributed by atoms with Crippen LogP contribution in [-0.2, 0) is 9.59 Å². The molecule has 0 aliphatic rings. The zero-order valence-corrected chi connectivity index (χ0v) is 12.4. The Balaban J connectivity index is 2.05. The molecule has 0 saturated heterocycles. The van der Waals surface area contributed by atoms with Crippen LogP contribution < -0.4 is 16.4 Å². The molecule has 0 radical (unpaired) electrons. The molecule has 0 fully saturated rings. The van der Waals surface area contributed by atoms with E-state index in [9.17, 15) is 14.7 Å². The average molecular weight is 320 g/mol. The molecule has 0 atom stereocenters. The Morgan fingerprint density at radius 3 is 2.41 bits per heavy atom. The van der Waals surface area contributed by atoms with Gasteiger partial charge in [0.1, 0.15) is 5.75 Å². The molecule has 0 unspecified atom stereocenters. The van der Waals surface area contributed by atoms with Crippen LogP contribution >= 0.6 is 11.6 Å². The lowest BCUT2D eigenvalue weighted by molar-refractivity contribution is -0.133. The molecule has 22 heavy (non-hydrogen) atoms. The summed E-state index contributed by atoms with van der Waals surface area (Å²) < 4.78 is 0. The first-order valence-corrected chi connectivity index (χ1v) is 6.71. The number of aromatic hydroxyl groups is 1. The highest BCUT2D eigenvalue weighted by molar-refractivity contribution is 6.44. The van der Waals surface area contributed by atoms with Crippen molar-refractivity contribution in [1.82, 2.24) is 0 Å². The summed E-state index contributed by atoms with van der Waals surface area (Å²) in [7, 11) is 0. The van der Waals surface area contributed by atoms with Gasteiger partial charge in [0.05, 0.1) is 10.7 Å². The molecule has 2 rings (SSSR count). The molecule has 0 aromatic heterocycles. The lowest BCUT2D eigenvalue weighted by Crippen LogP contribution is -2.29. The first kappa shape index (κ1) is 15.7. The average Bonchev–Trinajstić information content (AvgIpc) is 2.45. The minimum Gasteiger partial charge on any atom is -0.508 e. The van der Waals surface area contributed by atoms with Crippen LogP contribution in [0.1, 0.15) is 5.56 Å². The third-order valence-corrected chi connectivity index (χ3v) is 3.25. The first-order chi connectivity index (χ1) is 10.4. The number of carbonyl (C=O) groups is 2. The van der Waals surface area contributed by atoms with Crippen molar-refractivity contribution < 1.29 is 14.7 Å². The largest absolute Gasteiger partial charge is 0.508 e. The van der Waals surface area contributed by atoms with Gasteiger partial charge in [0.2, 0.25) is 0 Å². The standard InChI is InChI=1S/C15H14ClN3O3/c1-8-6-10(20)3-5-13(8)19-15(22)14(21)18-9-2-4-12(17)11(16)7-9/h2-7,20H,17H2,1H3,(H,18,21)(H,19,22). The number of aryl methyl sites for hydroxylation is 1. The number of hydrogen-bond donors (Lipinski definition) is 4. The fraction of sp³-hybridized carbons (Fsp3) is 0.0667. The Bertz CT molecular complexity index is 747. The predicted octanol–water partition coefficient (Wildman–Crippen LogP) is 2.51. The summed E-state index contributed by atoms with van der Waals surface area (Å²) in [6.07, 6.45) is 0. The van der Waals surface area contributed by atoms with Crippen molar-refractivity contribution in [3.8, 4) is 5.75 Å². The lowest BCUT2D eigenvalue weighted by atomic mass is 10.2. The fourth-order valence-electron chi connectivity index (χ4n) is 1.76. The zero-order chi connectivity index (χ0) is 16.3. The predicted molar refractivity (Wildman–Crippen MR) is 86.0 cm³/mol. The van der Waals surface area contributed by atoms with Crippen LogP contribution in [0, 0.1) is 6.92 Å². The van der Waals surface area contributed by atoms with Gasteiger partial charge in [0.15, 0.2) is 0 Å². The zero-order valence-electron chi connectivity index (χ0n) is 11.7. The van der Waals surface area contributed by atoms with Gasteiger partial charge in [-0.05, 0) is 48.9 Å². The minimum absolute atomic E-state index is 0.0801. The summed E-state index contributed by atoms with van der Waals surface area (Å²) in [6.45, 7) is 1.70. The summed E-state index contributed by atoms with van der Waals surface area (Å²) >= 11 is 5.84. The number of amides is 2. The number of anilines is 3. The normalized spacial score (nSPS) is 10.1. The maximum Gasteiger partial charge on any atom is 0.314 e. The molecule has 0 saturated carbocycles. The Labute approximate surface area is 131 Å². The molecule has 0 heterocycles. The topological polar surface area (TPSA) is 104 Å². The number of halogens is 1. The number of nitrogen functional groups attached to an aromatic ring is 1. The number of benzene rings is 2. The van der Waals surface area contributed by atoms with Crippen LogP contribution in [0.5, 0.6) is 5.75 Å². The quantitative estimate of drug-likeness (QED) is 0.388. The van der Waals surface area contributed by atoms with Crippen molar-refractivity contribution in [3.63, 3.8) is 0 Å². The molecule has 0 aliphatic carbocycles. The Kier molecular flexibility index (Phi) is 4.53. The molecule has 2 amide bonds. The number of rotatable bonds is 2. The maximum atomic E-state index is 11.9.